The number of hydrogen-bond acceptors (Lipinski definition) is 2. The highest BCUT2D eigenvalue weighted by Crippen LogP contribution is 2.34. The second-order valence-corrected chi connectivity index (χ2v) is 7.47. The maximum atomic E-state index is 5.95. The number of rotatable bonds is 5. The van der Waals surface area contributed by atoms with E-state index in [-0.39, 0.29) is 5.60 Å². The minimum atomic E-state index is -0.0430. The van der Waals surface area contributed by atoms with Gasteiger partial charge in [0.05, 0.1) is 18.2 Å². The summed E-state index contributed by atoms with van der Waals surface area (Å²) in [6, 6.07) is 22.0. The summed E-state index contributed by atoms with van der Waals surface area (Å²) in [7, 11) is 0. The Morgan fingerprint density at radius 1 is 0.913 bits per heavy atom. The summed E-state index contributed by atoms with van der Waals surface area (Å²) in [4.78, 5) is 2.56. The van der Waals surface area contributed by atoms with Crippen LogP contribution in [0.2, 0.25) is 0 Å². The van der Waals surface area contributed by atoms with Crippen molar-refractivity contribution < 1.29 is 4.74 Å². The fraction of sp³-hybridized carbons (Fsp3) is 0.429. The molecule has 0 aliphatic carbocycles. The van der Waals surface area contributed by atoms with Gasteiger partial charge in [-0.25, -0.2) is 0 Å². The normalized spacial score (nSPS) is 16.5. The van der Waals surface area contributed by atoms with Crippen LogP contribution in [-0.2, 0) is 4.74 Å². The van der Waals surface area contributed by atoms with Crippen LogP contribution in [0.25, 0.3) is 0 Å². The van der Waals surface area contributed by atoms with Gasteiger partial charge < -0.3 is 4.74 Å². The maximum Gasteiger partial charge on any atom is 0.0602 e. The van der Waals surface area contributed by atoms with E-state index >= 15 is 0 Å². The predicted octanol–water partition coefficient (Wildman–Crippen LogP) is 4.52. The van der Waals surface area contributed by atoms with E-state index in [9.17, 15) is 0 Å². The molecular weight excluding hydrogens is 282 g/mol. The molecule has 0 saturated carbocycles. The van der Waals surface area contributed by atoms with Gasteiger partial charge in [-0.05, 0) is 31.9 Å². The summed E-state index contributed by atoms with van der Waals surface area (Å²) in [5.41, 5.74) is 2.70. The summed E-state index contributed by atoms with van der Waals surface area (Å²) in [6.45, 7) is 9.44. The molecule has 2 nitrogen and oxygen atoms in total. The lowest BCUT2D eigenvalue weighted by Crippen LogP contribution is -2.51. The van der Waals surface area contributed by atoms with Crippen molar-refractivity contribution in [3.05, 3.63) is 71.8 Å². The Morgan fingerprint density at radius 2 is 1.39 bits per heavy atom. The van der Waals surface area contributed by atoms with Gasteiger partial charge in [0.15, 0.2) is 0 Å². The van der Waals surface area contributed by atoms with Gasteiger partial charge in [0.1, 0.15) is 0 Å². The van der Waals surface area contributed by atoms with E-state index in [1.807, 2.05) is 0 Å². The lowest BCUT2D eigenvalue weighted by molar-refractivity contribution is -0.0623. The molecule has 0 N–H and O–H groups in total. The molecule has 0 aromatic heterocycles. The fourth-order valence-electron chi connectivity index (χ4n) is 3.18. The van der Waals surface area contributed by atoms with Gasteiger partial charge >= 0.3 is 0 Å². The Morgan fingerprint density at radius 3 is 1.83 bits per heavy atom. The van der Waals surface area contributed by atoms with Crippen LogP contribution < -0.4 is 0 Å². The van der Waals surface area contributed by atoms with Crippen molar-refractivity contribution in [3.8, 4) is 0 Å². The van der Waals surface area contributed by atoms with Gasteiger partial charge in [0, 0.05) is 19.0 Å². The molecule has 3 rings (SSSR count). The van der Waals surface area contributed by atoms with E-state index in [1.54, 1.807) is 0 Å². The predicted molar refractivity (Wildman–Crippen MR) is 95.5 cm³/mol. The van der Waals surface area contributed by atoms with Crippen LogP contribution in [0.5, 0.6) is 0 Å². The minimum Gasteiger partial charge on any atom is -0.375 e. The van der Waals surface area contributed by atoms with E-state index in [4.69, 9.17) is 4.74 Å². The summed E-state index contributed by atoms with van der Waals surface area (Å²) in [5, 5.41) is 0. The molecule has 0 atom stereocenters. The molecule has 2 heteroatoms. The fourth-order valence-corrected chi connectivity index (χ4v) is 3.18. The second-order valence-electron chi connectivity index (χ2n) is 7.47. The first-order chi connectivity index (χ1) is 11.0. The molecular formula is C21H27NO. The summed E-state index contributed by atoms with van der Waals surface area (Å²) in [6.07, 6.45) is 0. The van der Waals surface area contributed by atoms with Gasteiger partial charge in [-0.3, -0.25) is 4.90 Å². The highest BCUT2D eigenvalue weighted by Gasteiger charge is 2.34. The molecule has 1 aliphatic heterocycles. The summed E-state index contributed by atoms with van der Waals surface area (Å²) >= 11 is 0. The molecule has 0 unspecified atom stereocenters. The van der Waals surface area contributed by atoms with Crippen molar-refractivity contribution in [2.75, 3.05) is 19.7 Å². The SMILES string of the molecule is CC(C)(C)OCC1CN(C(c2ccccc2)c2ccccc2)C1. The van der Waals surface area contributed by atoms with Crippen LogP contribution >= 0.6 is 0 Å². The molecule has 1 heterocycles. The van der Waals surface area contributed by atoms with Gasteiger partial charge in [0.25, 0.3) is 0 Å². The van der Waals surface area contributed by atoms with Crippen LogP contribution in [0.3, 0.4) is 0 Å². The molecule has 23 heavy (non-hydrogen) atoms. The third-order valence-electron chi connectivity index (χ3n) is 4.33. The van der Waals surface area contributed by atoms with Gasteiger partial charge in [-0.15, -0.1) is 0 Å². The quantitative estimate of drug-likeness (QED) is 0.805. The van der Waals surface area contributed by atoms with E-state index in [1.165, 1.54) is 11.1 Å². The lowest BCUT2D eigenvalue weighted by atomic mass is 9.90. The van der Waals surface area contributed by atoms with Gasteiger partial charge in [0.2, 0.25) is 0 Å². The molecule has 0 radical (unpaired) electrons. The number of likely N-dealkylation sites (tertiary alicyclic amines) is 1. The second kappa shape index (κ2) is 6.86. The highest BCUT2D eigenvalue weighted by atomic mass is 16.5. The van der Waals surface area contributed by atoms with Crippen molar-refractivity contribution >= 4 is 0 Å². The zero-order valence-corrected chi connectivity index (χ0v) is 14.4. The third-order valence-corrected chi connectivity index (χ3v) is 4.33. The number of hydrogen-bond donors (Lipinski definition) is 0. The number of benzene rings is 2. The maximum absolute atomic E-state index is 5.95. The zero-order valence-electron chi connectivity index (χ0n) is 14.4. The Hall–Kier alpha value is -1.64. The van der Waals surface area contributed by atoms with Crippen LogP contribution in [0.1, 0.15) is 37.9 Å². The van der Waals surface area contributed by atoms with Crippen LogP contribution in [0.15, 0.2) is 60.7 Å². The minimum absolute atomic E-state index is 0.0430. The topological polar surface area (TPSA) is 12.5 Å². The Bertz CT molecular complexity index is 557. The Labute approximate surface area is 140 Å². The lowest BCUT2D eigenvalue weighted by Gasteiger charge is -2.45. The molecule has 1 saturated heterocycles. The molecule has 1 fully saturated rings. The van der Waals surface area contributed by atoms with Crippen molar-refractivity contribution in [1.82, 2.24) is 4.90 Å². The molecule has 2 aromatic rings. The average Bonchev–Trinajstić information content (AvgIpc) is 2.50. The molecule has 0 amide bonds. The standard InChI is InChI=1S/C21H27NO/c1-21(2,3)23-16-17-14-22(15-17)20(18-10-6-4-7-11-18)19-12-8-5-9-13-19/h4-13,17,20H,14-16H2,1-3H3. The van der Waals surface area contributed by atoms with E-state index < -0.39 is 0 Å². The molecule has 0 spiro atoms. The first kappa shape index (κ1) is 16.2. The summed E-state index contributed by atoms with van der Waals surface area (Å²) in [5.74, 6) is 0.643. The first-order valence-corrected chi connectivity index (χ1v) is 8.51. The zero-order chi connectivity index (χ0) is 16.3. The number of nitrogens with zero attached hydrogens (tertiary/aromatic N) is 1. The van der Waals surface area contributed by atoms with E-state index in [0.29, 0.717) is 12.0 Å². The van der Waals surface area contributed by atoms with Gasteiger partial charge in [-0.2, -0.15) is 0 Å². The van der Waals surface area contributed by atoms with Crippen molar-refractivity contribution in [2.24, 2.45) is 5.92 Å². The largest absolute Gasteiger partial charge is 0.375 e. The van der Waals surface area contributed by atoms with Crippen LogP contribution in [-0.4, -0.2) is 30.2 Å². The van der Waals surface area contributed by atoms with E-state index in [2.05, 4.69) is 86.3 Å². The molecule has 2 aromatic carbocycles. The van der Waals surface area contributed by atoms with Crippen LogP contribution in [0.4, 0.5) is 0 Å². The van der Waals surface area contributed by atoms with Crippen molar-refractivity contribution in [1.29, 1.82) is 0 Å². The Kier molecular flexibility index (Phi) is 4.84. The van der Waals surface area contributed by atoms with E-state index in [0.717, 1.165) is 19.7 Å². The van der Waals surface area contributed by atoms with Gasteiger partial charge in [-0.1, -0.05) is 60.7 Å². The smallest absolute Gasteiger partial charge is 0.0602 e. The molecule has 122 valence electrons. The third kappa shape index (κ3) is 4.21. The van der Waals surface area contributed by atoms with Crippen molar-refractivity contribution in [3.63, 3.8) is 0 Å². The van der Waals surface area contributed by atoms with Crippen LogP contribution in [0, 0.1) is 5.92 Å². The first-order valence-electron chi connectivity index (χ1n) is 8.51. The number of ether oxygens (including phenoxy) is 1. The van der Waals surface area contributed by atoms with Crippen molar-refractivity contribution in [2.45, 2.75) is 32.4 Å². The highest BCUT2D eigenvalue weighted by molar-refractivity contribution is 5.32. The Balaban J connectivity index is 1.70. The monoisotopic (exact) mass is 309 g/mol. The average molecular weight is 309 g/mol. The molecule has 0 bridgehead atoms. The molecule has 1 aliphatic rings. The summed E-state index contributed by atoms with van der Waals surface area (Å²) < 4.78 is 5.95.